The third kappa shape index (κ3) is 1.90. The van der Waals surface area contributed by atoms with Crippen molar-refractivity contribution in [2.45, 2.75) is 0 Å². The molecule has 5 heteroatoms. The summed E-state index contributed by atoms with van der Waals surface area (Å²) in [6.45, 7) is 0. The highest BCUT2D eigenvalue weighted by Crippen LogP contribution is 2.15. The molecule has 4 nitrogen and oxygen atoms in total. The second-order valence-electron chi connectivity index (χ2n) is 4.87. The molecule has 0 saturated heterocycles. The minimum Gasteiger partial charge on any atom is -0.267 e. The molecule has 4 aromatic rings. The van der Waals surface area contributed by atoms with Crippen LogP contribution in [-0.4, -0.2) is 9.38 Å². The Morgan fingerprint density at radius 1 is 1.14 bits per heavy atom. The average molecular weight is 303 g/mol. The number of hydrogen-bond donors (Lipinski definition) is 0. The Balaban J connectivity index is 1.95. The van der Waals surface area contributed by atoms with E-state index in [1.165, 1.54) is 11.3 Å². The molecule has 22 heavy (non-hydrogen) atoms. The van der Waals surface area contributed by atoms with Gasteiger partial charge in [-0.2, -0.15) is 5.26 Å². The van der Waals surface area contributed by atoms with Crippen LogP contribution in [0, 0.1) is 11.3 Å². The minimum atomic E-state index is -0.0574. The molecule has 2 aromatic heterocycles. The zero-order chi connectivity index (χ0) is 15.1. The first kappa shape index (κ1) is 12.7. The maximum atomic E-state index is 12.6. The Bertz CT molecular complexity index is 1150. The Morgan fingerprint density at radius 2 is 1.91 bits per heavy atom. The Hall–Kier alpha value is -2.97. The Kier molecular flexibility index (Phi) is 2.78. The zero-order valence-electron chi connectivity index (χ0n) is 11.4. The van der Waals surface area contributed by atoms with Crippen molar-refractivity contribution in [3.05, 3.63) is 74.5 Å². The standard InChI is InChI=1S/C17H9N3OS/c18-10-12-7-5-11(6-8-12)9-15-16(21)20-14-4-2-1-3-13(14)19-17(20)22-15/h1-9H/b15-9-. The lowest BCUT2D eigenvalue weighted by molar-refractivity contribution is 1.19. The van der Waals surface area contributed by atoms with Crippen molar-refractivity contribution >= 4 is 33.4 Å². The van der Waals surface area contributed by atoms with Gasteiger partial charge in [0, 0.05) is 0 Å². The third-order valence-electron chi connectivity index (χ3n) is 3.48. The summed E-state index contributed by atoms with van der Waals surface area (Å²) in [5.74, 6) is 0. The maximum Gasteiger partial charge on any atom is 0.274 e. The van der Waals surface area contributed by atoms with Crippen LogP contribution in [0.1, 0.15) is 11.1 Å². The third-order valence-corrected chi connectivity index (χ3v) is 4.45. The van der Waals surface area contributed by atoms with Crippen LogP contribution in [0.15, 0.2) is 53.3 Å². The van der Waals surface area contributed by atoms with E-state index in [0.717, 1.165) is 16.6 Å². The molecule has 0 fully saturated rings. The number of imidazole rings is 1. The van der Waals surface area contributed by atoms with Gasteiger partial charge in [-0.1, -0.05) is 35.6 Å². The van der Waals surface area contributed by atoms with E-state index in [4.69, 9.17) is 5.26 Å². The van der Waals surface area contributed by atoms with E-state index < -0.39 is 0 Å². The van der Waals surface area contributed by atoms with E-state index in [9.17, 15) is 4.79 Å². The maximum absolute atomic E-state index is 12.6. The molecule has 0 unspecified atom stereocenters. The first-order valence-corrected chi connectivity index (χ1v) is 7.50. The van der Waals surface area contributed by atoms with Crippen molar-refractivity contribution < 1.29 is 0 Å². The Morgan fingerprint density at radius 3 is 2.68 bits per heavy atom. The minimum absolute atomic E-state index is 0.0574. The molecule has 0 amide bonds. The van der Waals surface area contributed by atoms with Gasteiger partial charge in [0.2, 0.25) is 0 Å². The fourth-order valence-corrected chi connectivity index (χ4v) is 3.40. The van der Waals surface area contributed by atoms with Gasteiger partial charge >= 0.3 is 0 Å². The summed E-state index contributed by atoms with van der Waals surface area (Å²) in [6.07, 6.45) is 1.83. The predicted octanol–water partition coefficient (Wildman–Crippen LogP) is 2.33. The number of aromatic nitrogens is 2. The molecule has 0 radical (unpaired) electrons. The summed E-state index contributed by atoms with van der Waals surface area (Å²) in [5.41, 5.74) is 3.10. The van der Waals surface area contributed by atoms with Crippen LogP contribution in [0.4, 0.5) is 0 Å². The quantitative estimate of drug-likeness (QED) is 0.542. The number of rotatable bonds is 1. The lowest BCUT2D eigenvalue weighted by Gasteiger charge is -1.91. The van der Waals surface area contributed by atoms with Crippen molar-refractivity contribution in [2.75, 3.05) is 0 Å². The first-order chi connectivity index (χ1) is 10.8. The number of hydrogen-bond acceptors (Lipinski definition) is 4. The van der Waals surface area contributed by atoms with E-state index in [-0.39, 0.29) is 5.56 Å². The molecule has 0 bridgehead atoms. The van der Waals surface area contributed by atoms with Crippen molar-refractivity contribution in [3.63, 3.8) is 0 Å². The smallest absolute Gasteiger partial charge is 0.267 e. The fraction of sp³-hybridized carbons (Fsp3) is 0. The van der Waals surface area contributed by atoms with Crippen LogP contribution >= 0.6 is 11.3 Å². The van der Waals surface area contributed by atoms with E-state index >= 15 is 0 Å². The number of para-hydroxylation sites is 2. The van der Waals surface area contributed by atoms with E-state index in [1.54, 1.807) is 16.5 Å². The van der Waals surface area contributed by atoms with Gasteiger partial charge in [-0.3, -0.25) is 4.79 Å². The van der Waals surface area contributed by atoms with Gasteiger partial charge in [0.25, 0.3) is 5.56 Å². The number of benzene rings is 2. The largest absolute Gasteiger partial charge is 0.274 e. The van der Waals surface area contributed by atoms with E-state index in [2.05, 4.69) is 11.1 Å². The van der Waals surface area contributed by atoms with Gasteiger partial charge in [0.05, 0.1) is 27.2 Å². The number of thiazole rings is 1. The second kappa shape index (κ2) is 4.79. The molecule has 104 valence electrons. The highest BCUT2D eigenvalue weighted by atomic mass is 32.1. The molecule has 0 N–H and O–H groups in total. The van der Waals surface area contributed by atoms with Crippen LogP contribution in [-0.2, 0) is 0 Å². The monoisotopic (exact) mass is 303 g/mol. The topological polar surface area (TPSA) is 58.2 Å². The van der Waals surface area contributed by atoms with Crippen molar-refractivity contribution in [1.82, 2.24) is 9.38 Å². The summed E-state index contributed by atoms with van der Waals surface area (Å²) >= 11 is 1.37. The summed E-state index contributed by atoms with van der Waals surface area (Å²) in [7, 11) is 0. The molecular weight excluding hydrogens is 294 g/mol. The normalized spacial score (nSPS) is 12.0. The summed E-state index contributed by atoms with van der Waals surface area (Å²) in [4.78, 5) is 17.8. The summed E-state index contributed by atoms with van der Waals surface area (Å²) in [6, 6.07) is 16.8. The molecule has 0 saturated carbocycles. The van der Waals surface area contributed by atoms with Gasteiger partial charge in [0.15, 0.2) is 4.96 Å². The zero-order valence-corrected chi connectivity index (χ0v) is 12.2. The fourth-order valence-electron chi connectivity index (χ4n) is 2.42. The molecule has 0 spiro atoms. The van der Waals surface area contributed by atoms with Crippen molar-refractivity contribution in [2.24, 2.45) is 0 Å². The number of nitriles is 1. The molecule has 0 aliphatic carbocycles. The lowest BCUT2D eigenvalue weighted by Crippen LogP contribution is -2.22. The van der Waals surface area contributed by atoms with Crippen LogP contribution < -0.4 is 10.1 Å². The van der Waals surface area contributed by atoms with Crippen LogP contribution in [0.25, 0.3) is 22.1 Å². The SMILES string of the molecule is N#Cc1ccc(/C=c2\sc3nc4ccccc4n3c2=O)cc1. The Labute approximate surface area is 129 Å². The van der Waals surface area contributed by atoms with Crippen molar-refractivity contribution in [3.8, 4) is 6.07 Å². The van der Waals surface area contributed by atoms with E-state index in [0.29, 0.717) is 15.1 Å². The van der Waals surface area contributed by atoms with Gasteiger partial charge in [-0.15, -0.1) is 0 Å². The van der Waals surface area contributed by atoms with Crippen LogP contribution in [0.2, 0.25) is 0 Å². The summed E-state index contributed by atoms with van der Waals surface area (Å²) in [5, 5.41) is 8.81. The second-order valence-corrected chi connectivity index (χ2v) is 5.88. The number of nitrogens with zero attached hydrogens (tertiary/aromatic N) is 3. The average Bonchev–Trinajstić information content (AvgIpc) is 3.05. The first-order valence-electron chi connectivity index (χ1n) is 6.68. The molecule has 2 heterocycles. The molecule has 2 aromatic carbocycles. The van der Waals surface area contributed by atoms with Gasteiger partial charge in [-0.05, 0) is 35.9 Å². The molecule has 0 aliphatic rings. The molecule has 0 atom stereocenters. The number of fused-ring (bicyclic) bond motifs is 3. The highest BCUT2D eigenvalue weighted by Gasteiger charge is 2.10. The molecule has 0 aliphatic heterocycles. The highest BCUT2D eigenvalue weighted by molar-refractivity contribution is 7.15. The predicted molar refractivity (Wildman–Crippen MR) is 86.8 cm³/mol. The van der Waals surface area contributed by atoms with Crippen molar-refractivity contribution in [1.29, 1.82) is 5.26 Å². The van der Waals surface area contributed by atoms with Gasteiger partial charge in [0.1, 0.15) is 0 Å². The van der Waals surface area contributed by atoms with Gasteiger partial charge < -0.3 is 0 Å². The van der Waals surface area contributed by atoms with Crippen LogP contribution in [0.3, 0.4) is 0 Å². The van der Waals surface area contributed by atoms with Gasteiger partial charge in [-0.25, -0.2) is 9.38 Å². The van der Waals surface area contributed by atoms with E-state index in [1.807, 2.05) is 42.5 Å². The molecule has 4 rings (SSSR count). The summed E-state index contributed by atoms with van der Waals surface area (Å²) < 4.78 is 2.29. The van der Waals surface area contributed by atoms with Crippen LogP contribution in [0.5, 0.6) is 0 Å². The lowest BCUT2D eigenvalue weighted by atomic mass is 10.1. The molecular formula is C17H9N3OS.